The van der Waals surface area contributed by atoms with Gasteiger partial charge in [-0.2, -0.15) is 5.10 Å². The standard InChI is InChI=1S/C14H24N4O2.C2H2.CH4/c1-10-12(15)9-18(16-10)11-5-7-17(8-6-11)13(19)20-14(2,3)4;1-2;/h9,11H,5-8,15H2,1-4H3;1-2H;1H4. The molecule has 6 nitrogen and oxygen atoms in total. The number of carbonyl (C=O) groups is 1. The molecule has 1 aromatic rings. The smallest absolute Gasteiger partial charge is 0.410 e. The van der Waals surface area contributed by atoms with Gasteiger partial charge in [0.2, 0.25) is 0 Å². The Balaban J connectivity index is 0.00000155. The van der Waals surface area contributed by atoms with Gasteiger partial charge in [0.1, 0.15) is 5.60 Å². The first-order valence-corrected chi connectivity index (χ1v) is 7.39. The summed E-state index contributed by atoms with van der Waals surface area (Å²) in [4.78, 5) is 13.7. The van der Waals surface area contributed by atoms with E-state index in [1.54, 1.807) is 4.90 Å². The average molecular weight is 322 g/mol. The second-order valence-corrected chi connectivity index (χ2v) is 6.35. The lowest BCUT2D eigenvalue weighted by molar-refractivity contribution is 0.0184. The van der Waals surface area contributed by atoms with Gasteiger partial charge in [0.05, 0.1) is 17.4 Å². The Hall–Kier alpha value is -2.16. The van der Waals surface area contributed by atoms with Crippen LogP contribution in [0.3, 0.4) is 0 Å². The highest BCUT2D eigenvalue weighted by molar-refractivity contribution is 5.68. The summed E-state index contributed by atoms with van der Waals surface area (Å²) in [6, 6.07) is 0.310. The van der Waals surface area contributed by atoms with E-state index < -0.39 is 5.60 Å². The molecule has 0 unspecified atom stereocenters. The molecule has 2 N–H and O–H groups in total. The number of hydrogen-bond acceptors (Lipinski definition) is 4. The molecular weight excluding hydrogens is 292 g/mol. The third-order valence-electron chi connectivity index (χ3n) is 3.44. The lowest BCUT2D eigenvalue weighted by Gasteiger charge is -2.33. The number of terminal acetylenes is 1. The number of piperidine rings is 1. The van der Waals surface area contributed by atoms with Crippen LogP contribution in [0.4, 0.5) is 10.5 Å². The number of ether oxygens (including phenoxy) is 1. The van der Waals surface area contributed by atoms with Gasteiger partial charge in [-0.15, -0.1) is 12.8 Å². The van der Waals surface area contributed by atoms with Gasteiger partial charge in [-0.05, 0) is 40.5 Å². The maximum Gasteiger partial charge on any atom is 0.410 e. The summed E-state index contributed by atoms with van der Waals surface area (Å²) >= 11 is 0. The number of nitrogen functional groups attached to an aromatic ring is 1. The highest BCUT2D eigenvalue weighted by atomic mass is 16.6. The Morgan fingerprint density at radius 1 is 1.35 bits per heavy atom. The molecule has 1 aliphatic heterocycles. The zero-order valence-corrected chi connectivity index (χ0v) is 13.9. The topological polar surface area (TPSA) is 73.4 Å². The third-order valence-corrected chi connectivity index (χ3v) is 3.44. The number of nitrogens with two attached hydrogens (primary N) is 1. The largest absolute Gasteiger partial charge is 0.444 e. The second kappa shape index (κ2) is 8.47. The Bertz CT molecular complexity index is 501. The molecule has 1 aromatic heterocycles. The van der Waals surface area contributed by atoms with E-state index in [1.165, 1.54) is 0 Å². The van der Waals surface area contributed by atoms with Crippen molar-refractivity contribution >= 4 is 11.8 Å². The van der Waals surface area contributed by atoms with Crippen molar-refractivity contribution in [2.75, 3.05) is 18.8 Å². The highest BCUT2D eigenvalue weighted by Crippen LogP contribution is 2.24. The van der Waals surface area contributed by atoms with Crippen molar-refractivity contribution < 1.29 is 9.53 Å². The van der Waals surface area contributed by atoms with Gasteiger partial charge in [-0.3, -0.25) is 4.68 Å². The van der Waals surface area contributed by atoms with Gasteiger partial charge in [-0.1, -0.05) is 7.43 Å². The molecule has 0 bridgehead atoms. The summed E-state index contributed by atoms with van der Waals surface area (Å²) in [5.41, 5.74) is 6.96. The van der Waals surface area contributed by atoms with Crippen molar-refractivity contribution in [3.05, 3.63) is 11.9 Å². The number of carbonyl (C=O) groups excluding carboxylic acids is 1. The molecule has 0 saturated carbocycles. The summed E-state index contributed by atoms with van der Waals surface area (Å²) in [6.07, 6.45) is 11.4. The predicted octanol–water partition coefficient (Wildman–Crippen LogP) is 3.23. The van der Waals surface area contributed by atoms with Gasteiger partial charge in [0.25, 0.3) is 0 Å². The summed E-state index contributed by atoms with van der Waals surface area (Å²) in [7, 11) is 0. The third kappa shape index (κ3) is 5.85. The summed E-state index contributed by atoms with van der Waals surface area (Å²) in [5.74, 6) is 0. The van der Waals surface area contributed by atoms with E-state index >= 15 is 0 Å². The number of hydrogen-bond donors (Lipinski definition) is 1. The molecule has 0 spiro atoms. The number of likely N-dealkylation sites (tertiary alicyclic amines) is 1. The van der Waals surface area contributed by atoms with E-state index in [0.717, 1.165) is 24.2 Å². The van der Waals surface area contributed by atoms with Crippen LogP contribution >= 0.6 is 0 Å². The quantitative estimate of drug-likeness (QED) is 0.806. The van der Waals surface area contributed by atoms with E-state index in [9.17, 15) is 4.79 Å². The fourth-order valence-corrected chi connectivity index (χ4v) is 2.32. The van der Waals surface area contributed by atoms with Gasteiger partial charge < -0.3 is 15.4 Å². The molecule has 1 aliphatic rings. The van der Waals surface area contributed by atoms with E-state index in [2.05, 4.69) is 17.9 Å². The first kappa shape index (κ1) is 20.8. The monoisotopic (exact) mass is 322 g/mol. The molecule has 0 aromatic carbocycles. The van der Waals surface area contributed by atoms with Crippen LogP contribution in [0.2, 0.25) is 0 Å². The van der Waals surface area contributed by atoms with Crippen LogP contribution in [0.5, 0.6) is 0 Å². The van der Waals surface area contributed by atoms with Crippen LogP contribution in [-0.4, -0.2) is 39.5 Å². The fraction of sp³-hybridized carbons (Fsp3) is 0.647. The molecule has 1 amide bonds. The van der Waals surface area contributed by atoms with Crippen molar-refractivity contribution in [1.82, 2.24) is 14.7 Å². The molecular formula is C17H30N4O2. The first-order chi connectivity index (χ1) is 10.3. The molecule has 23 heavy (non-hydrogen) atoms. The molecule has 2 heterocycles. The minimum atomic E-state index is -0.443. The van der Waals surface area contributed by atoms with E-state index in [1.807, 2.05) is 38.6 Å². The number of aromatic nitrogens is 2. The molecule has 0 radical (unpaired) electrons. The normalized spacial score (nSPS) is 15.1. The Labute approximate surface area is 140 Å². The number of anilines is 1. The number of aryl methyl sites for hydroxylation is 1. The summed E-state index contributed by atoms with van der Waals surface area (Å²) < 4.78 is 7.31. The van der Waals surface area contributed by atoms with Crippen LogP contribution in [0.15, 0.2) is 6.20 Å². The minimum absolute atomic E-state index is 0. The van der Waals surface area contributed by atoms with Crippen LogP contribution in [-0.2, 0) is 4.74 Å². The molecule has 0 aliphatic carbocycles. The SMILES string of the molecule is C.C#C.Cc1nn(C2CCN(C(=O)OC(C)(C)C)CC2)cc1N. The van der Waals surface area contributed by atoms with Gasteiger partial charge >= 0.3 is 6.09 Å². The molecule has 6 heteroatoms. The van der Waals surface area contributed by atoms with E-state index in [-0.39, 0.29) is 13.5 Å². The Morgan fingerprint density at radius 2 is 1.87 bits per heavy atom. The molecule has 1 saturated heterocycles. The van der Waals surface area contributed by atoms with Crippen molar-refractivity contribution in [2.24, 2.45) is 0 Å². The Kier molecular flexibility index (Phi) is 7.67. The van der Waals surface area contributed by atoms with Gasteiger partial charge in [0.15, 0.2) is 0 Å². The van der Waals surface area contributed by atoms with E-state index in [0.29, 0.717) is 19.1 Å². The molecule has 130 valence electrons. The van der Waals surface area contributed by atoms with Crippen LogP contribution < -0.4 is 5.73 Å². The maximum atomic E-state index is 12.0. The van der Waals surface area contributed by atoms with Crippen molar-refractivity contribution in [3.8, 4) is 12.8 Å². The predicted molar refractivity (Wildman–Crippen MR) is 94.1 cm³/mol. The maximum absolute atomic E-state index is 12.0. The lowest BCUT2D eigenvalue weighted by atomic mass is 10.1. The average Bonchev–Trinajstić information content (AvgIpc) is 2.79. The highest BCUT2D eigenvalue weighted by Gasteiger charge is 2.27. The fourth-order valence-electron chi connectivity index (χ4n) is 2.32. The molecule has 0 atom stereocenters. The van der Waals surface area contributed by atoms with Crippen LogP contribution in [0.1, 0.15) is 52.8 Å². The van der Waals surface area contributed by atoms with Crippen molar-refractivity contribution in [3.63, 3.8) is 0 Å². The number of amides is 1. The first-order valence-electron chi connectivity index (χ1n) is 7.39. The lowest BCUT2D eigenvalue weighted by Crippen LogP contribution is -2.42. The van der Waals surface area contributed by atoms with Crippen LogP contribution in [0.25, 0.3) is 0 Å². The van der Waals surface area contributed by atoms with Crippen molar-refractivity contribution in [2.45, 2.75) is 59.6 Å². The van der Waals surface area contributed by atoms with Gasteiger partial charge in [0, 0.05) is 19.3 Å². The number of rotatable bonds is 1. The zero-order chi connectivity index (χ0) is 16.9. The van der Waals surface area contributed by atoms with Gasteiger partial charge in [-0.25, -0.2) is 4.79 Å². The summed E-state index contributed by atoms with van der Waals surface area (Å²) in [6.45, 7) is 8.94. The minimum Gasteiger partial charge on any atom is -0.444 e. The summed E-state index contributed by atoms with van der Waals surface area (Å²) in [5, 5.41) is 4.42. The van der Waals surface area contributed by atoms with Crippen molar-refractivity contribution in [1.29, 1.82) is 0 Å². The zero-order valence-electron chi connectivity index (χ0n) is 13.9. The number of nitrogens with zero attached hydrogens (tertiary/aromatic N) is 3. The molecule has 2 rings (SSSR count). The Morgan fingerprint density at radius 3 is 2.26 bits per heavy atom. The molecule has 1 fully saturated rings. The van der Waals surface area contributed by atoms with Crippen LogP contribution in [0, 0.1) is 19.8 Å². The second-order valence-electron chi connectivity index (χ2n) is 6.35. The van der Waals surface area contributed by atoms with E-state index in [4.69, 9.17) is 10.5 Å².